The van der Waals surface area contributed by atoms with Crippen LogP contribution in [0.4, 0.5) is 0 Å². The number of hydrogen-bond donors (Lipinski definition) is 1. The highest BCUT2D eigenvalue weighted by molar-refractivity contribution is 5.88. The molecule has 180 valence electrons. The highest BCUT2D eigenvalue weighted by Crippen LogP contribution is 2.40. The normalized spacial score (nSPS) is 15.1. The number of furan rings is 1. The van der Waals surface area contributed by atoms with E-state index in [2.05, 4.69) is 4.98 Å². The lowest BCUT2D eigenvalue weighted by Crippen LogP contribution is -2.40. The fraction of sp³-hybridized carbons (Fsp3) is 0.400. The summed E-state index contributed by atoms with van der Waals surface area (Å²) in [5.41, 5.74) is 2.88. The van der Waals surface area contributed by atoms with Crippen molar-refractivity contribution in [2.45, 2.75) is 45.8 Å². The first-order chi connectivity index (χ1) is 16.4. The van der Waals surface area contributed by atoms with Gasteiger partial charge < -0.3 is 28.5 Å². The van der Waals surface area contributed by atoms with Crippen molar-refractivity contribution < 1.29 is 33.0 Å². The first-order valence-electron chi connectivity index (χ1n) is 11.3. The molecule has 0 saturated heterocycles. The second kappa shape index (κ2) is 10.0. The maximum atomic E-state index is 13.2. The van der Waals surface area contributed by atoms with Gasteiger partial charge in [0.05, 0.1) is 25.8 Å². The number of carbonyl (C=O) groups excluding carboxylic acids is 3. The molecule has 0 spiro atoms. The van der Waals surface area contributed by atoms with Gasteiger partial charge in [-0.1, -0.05) is 0 Å². The minimum Gasteiger partial charge on any atom is -0.497 e. The number of fused-ring (bicyclic) bond motifs is 3. The van der Waals surface area contributed by atoms with Gasteiger partial charge in [-0.2, -0.15) is 0 Å². The number of aromatic amines is 1. The molecule has 0 unspecified atom stereocenters. The van der Waals surface area contributed by atoms with Gasteiger partial charge in [-0.05, 0) is 49.2 Å². The van der Waals surface area contributed by atoms with Crippen molar-refractivity contribution in [1.29, 1.82) is 0 Å². The smallest absolute Gasteiger partial charge is 0.306 e. The highest BCUT2D eigenvalue weighted by Gasteiger charge is 2.36. The standard InChI is InChI=1S/C25H28N2O7/c1-4-32-23(30)10-9-22(29)27-12-11-18-19-13-16(31-3)5-7-20(19)26-24(18)25(27)21-8-6-17(34-21)14-33-15(2)28/h5-8,13,25-26H,4,9-12,14H2,1-3H3/t25-/m0/s1. The largest absolute Gasteiger partial charge is 0.497 e. The quantitative estimate of drug-likeness (QED) is 0.502. The molecule has 1 aliphatic heterocycles. The molecule has 0 aliphatic carbocycles. The Hall–Kier alpha value is -3.75. The molecule has 9 nitrogen and oxygen atoms in total. The molecule has 1 N–H and O–H groups in total. The molecule has 34 heavy (non-hydrogen) atoms. The van der Waals surface area contributed by atoms with Crippen LogP contribution in [0.15, 0.2) is 34.7 Å². The maximum Gasteiger partial charge on any atom is 0.306 e. The van der Waals surface area contributed by atoms with Crippen molar-refractivity contribution in [2.75, 3.05) is 20.3 Å². The van der Waals surface area contributed by atoms with Gasteiger partial charge in [0.1, 0.15) is 29.9 Å². The monoisotopic (exact) mass is 468 g/mol. The molecule has 3 aromatic rings. The molecule has 1 atom stereocenters. The minimum atomic E-state index is -0.511. The van der Waals surface area contributed by atoms with Gasteiger partial charge >= 0.3 is 11.9 Å². The number of nitrogens with one attached hydrogen (secondary N) is 1. The molecule has 0 bridgehead atoms. The number of amides is 1. The van der Waals surface area contributed by atoms with Gasteiger partial charge in [-0.3, -0.25) is 14.4 Å². The second-order valence-electron chi connectivity index (χ2n) is 8.06. The van der Waals surface area contributed by atoms with Crippen LogP contribution in [0.2, 0.25) is 0 Å². The molecule has 9 heteroatoms. The third-order valence-electron chi connectivity index (χ3n) is 5.87. The zero-order valence-electron chi connectivity index (χ0n) is 19.5. The summed E-state index contributed by atoms with van der Waals surface area (Å²) in [6.07, 6.45) is 0.702. The lowest BCUT2D eigenvalue weighted by molar-refractivity contribution is -0.146. The van der Waals surface area contributed by atoms with E-state index in [1.165, 1.54) is 6.92 Å². The Morgan fingerprint density at radius 1 is 1.15 bits per heavy atom. The summed E-state index contributed by atoms with van der Waals surface area (Å²) >= 11 is 0. The fourth-order valence-electron chi connectivity index (χ4n) is 4.34. The van der Waals surface area contributed by atoms with Crippen LogP contribution in [-0.2, 0) is 36.9 Å². The number of aromatic nitrogens is 1. The van der Waals surface area contributed by atoms with E-state index >= 15 is 0 Å². The number of ether oxygens (including phenoxy) is 3. The van der Waals surface area contributed by atoms with Gasteiger partial charge in [-0.15, -0.1) is 0 Å². The lowest BCUT2D eigenvalue weighted by Gasteiger charge is -2.34. The van der Waals surface area contributed by atoms with Crippen molar-refractivity contribution >= 4 is 28.7 Å². The van der Waals surface area contributed by atoms with Crippen LogP contribution in [0.25, 0.3) is 10.9 Å². The summed E-state index contributed by atoms with van der Waals surface area (Å²) < 4.78 is 21.4. The van der Waals surface area contributed by atoms with E-state index in [0.29, 0.717) is 24.5 Å². The number of hydrogen-bond acceptors (Lipinski definition) is 7. The van der Waals surface area contributed by atoms with Gasteiger partial charge in [0.15, 0.2) is 0 Å². The summed E-state index contributed by atoms with van der Waals surface area (Å²) in [6.45, 7) is 3.81. The molecule has 1 aromatic carbocycles. The van der Waals surface area contributed by atoms with E-state index in [9.17, 15) is 14.4 Å². The Morgan fingerprint density at radius 3 is 2.71 bits per heavy atom. The van der Waals surface area contributed by atoms with E-state index in [-0.39, 0.29) is 32.0 Å². The number of benzene rings is 1. The number of methoxy groups -OCH3 is 1. The third kappa shape index (κ3) is 4.78. The molecule has 4 rings (SSSR count). The first kappa shape index (κ1) is 23.4. The summed E-state index contributed by atoms with van der Waals surface area (Å²) in [5.74, 6) is 0.807. The summed E-state index contributed by atoms with van der Waals surface area (Å²) in [6, 6.07) is 8.82. The molecule has 0 fully saturated rings. The number of nitrogens with zero attached hydrogens (tertiary/aromatic N) is 1. The average molecular weight is 469 g/mol. The van der Waals surface area contributed by atoms with Crippen LogP contribution >= 0.6 is 0 Å². The molecule has 3 heterocycles. The van der Waals surface area contributed by atoms with Gasteiger partial charge in [0, 0.05) is 30.8 Å². The van der Waals surface area contributed by atoms with Crippen LogP contribution in [0.3, 0.4) is 0 Å². The number of H-pyrrole nitrogens is 1. The lowest BCUT2D eigenvalue weighted by atomic mass is 9.95. The van der Waals surface area contributed by atoms with Crippen LogP contribution in [-0.4, -0.2) is 48.0 Å². The molecule has 1 amide bonds. The number of carbonyl (C=O) groups is 3. The molecular formula is C25H28N2O7. The molecule has 0 radical (unpaired) electrons. The van der Waals surface area contributed by atoms with Crippen LogP contribution in [0, 0.1) is 0 Å². The van der Waals surface area contributed by atoms with E-state index in [0.717, 1.165) is 27.9 Å². The summed E-state index contributed by atoms with van der Waals surface area (Å²) in [4.78, 5) is 41.4. The van der Waals surface area contributed by atoms with Crippen LogP contribution in [0.5, 0.6) is 5.75 Å². The third-order valence-corrected chi connectivity index (χ3v) is 5.87. The van der Waals surface area contributed by atoms with Gasteiger partial charge in [0.2, 0.25) is 5.91 Å². The van der Waals surface area contributed by atoms with Crippen LogP contribution < -0.4 is 4.74 Å². The summed E-state index contributed by atoms with van der Waals surface area (Å²) in [7, 11) is 1.63. The predicted octanol–water partition coefficient (Wildman–Crippen LogP) is 3.65. The number of rotatable bonds is 8. The van der Waals surface area contributed by atoms with Crippen molar-refractivity contribution in [2.24, 2.45) is 0 Å². The van der Waals surface area contributed by atoms with Gasteiger partial charge in [0.25, 0.3) is 0 Å². The fourth-order valence-corrected chi connectivity index (χ4v) is 4.34. The molecular weight excluding hydrogens is 440 g/mol. The van der Waals surface area contributed by atoms with E-state index < -0.39 is 18.0 Å². The Balaban J connectivity index is 1.69. The molecule has 2 aromatic heterocycles. The Kier molecular flexibility index (Phi) is 6.90. The first-order valence-corrected chi connectivity index (χ1v) is 11.3. The summed E-state index contributed by atoms with van der Waals surface area (Å²) in [5, 5.41) is 1.03. The van der Waals surface area contributed by atoms with Gasteiger partial charge in [-0.25, -0.2) is 0 Å². The van der Waals surface area contributed by atoms with E-state index in [1.807, 2.05) is 18.2 Å². The topological polar surface area (TPSA) is 111 Å². The molecule has 0 saturated carbocycles. The van der Waals surface area contributed by atoms with Crippen molar-refractivity contribution in [3.05, 3.63) is 53.1 Å². The minimum absolute atomic E-state index is 0.00954. The molecule has 1 aliphatic rings. The zero-order valence-corrected chi connectivity index (χ0v) is 19.5. The van der Waals surface area contributed by atoms with Crippen LogP contribution in [0.1, 0.15) is 55.5 Å². The Bertz CT molecular complexity index is 1210. The van der Waals surface area contributed by atoms with Crippen molar-refractivity contribution in [3.8, 4) is 5.75 Å². The predicted molar refractivity (Wildman–Crippen MR) is 122 cm³/mol. The number of esters is 2. The SMILES string of the molecule is CCOC(=O)CCC(=O)N1CCc2c([nH]c3ccc(OC)cc23)[C@@H]1c1ccc(COC(C)=O)o1. The van der Waals surface area contributed by atoms with E-state index in [4.69, 9.17) is 18.6 Å². The van der Waals surface area contributed by atoms with E-state index in [1.54, 1.807) is 31.1 Å². The second-order valence-corrected chi connectivity index (χ2v) is 8.06. The average Bonchev–Trinajstić information content (AvgIpc) is 3.44. The Labute approximate surface area is 196 Å². The van der Waals surface area contributed by atoms with Crippen molar-refractivity contribution in [3.63, 3.8) is 0 Å². The maximum absolute atomic E-state index is 13.2. The highest BCUT2D eigenvalue weighted by atomic mass is 16.5. The Morgan fingerprint density at radius 2 is 1.97 bits per heavy atom. The zero-order chi connectivity index (χ0) is 24.2. The van der Waals surface area contributed by atoms with Crippen molar-refractivity contribution in [1.82, 2.24) is 9.88 Å².